The average molecular weight is 600 g/mol. The number of benzene rings is 3. The molecule has 0 fully saturated rings. The van der Waals surface area contributed by atoms with Crippen LogP contribution in [0.25, 0.3) is 0 Å². The molecule has 1 N–H and O–H groups in total. The van der Waals surface area contributed by atoms with Crippen LogP contribution < -0.4 is 9.46 Å². The molecule has 0 saturated carbocycles. The minimum absolute atomic E-state index is 0.0207. The van der Waals surface area contributed by atoms with E-state index < -0.39 is 16.1 Å². The fourth-order valence-corrected chi connectivity index (χ4v) is 6.11. The summed E-state index contributed by atoms with van der Waals surface area (Å²) in [7, 11) is -2.16. The van der Waals surface area contributed by atoms with E-state index in [1.807, 2.05) is 6.92 Å². The van der Waals surface area contributed by atoms with Crippen LogP contribution in [0.1, 0.15) is 24.5 Å². The molecule has 1 amide bonds. The molecule has 1 unspecified atom stereocenters. The number of aryl methyl sites for hydroxylation is 1. The van der Waals surface area contributed by atoms with Crippen LogP contribution in [0.2, 0.25) is 10.0 Å². The zero-order valence-corrected chi connectivity index (χ0v) is 23.3. The van der Waals surface area contributed by atoms with Gasteiger partial charge in [0, 0.05) is 46.1 Å². The summed E-state index contributed by atoms with van der Waals surface area (Å²) in [5.41, 5.74) is 1.64. The maximum Gasteiger partial charge on any atom is 0.241 e. The van der Waals surface area contributed by atoms with Gasteiger partial charge in [0.2, 0.25) is 15.9 Å². The van der Waals surface area contributed by atoms with Crippen LogP contribution >= 0.6 is 39.1 Å². The molecular formula is C25H25BrCl2N2O4S. The zero-order chi connectivity index (χ0) is 25.8. The molecule has 1 atom stereocenters. The molecular weight excluding hydrogens is 575 g/mol. The predicted molar refractivity (Wildman–Crippen MR) is 143 cm³/mol. The Morgan fingerprint density at radius 3 is 2.37 bits per heavy atom. The van der Waals surface area contributed by atoms with Crippen molar-refractivity contribution < 1.29 is 17.9 Å². The molecule has 0 aliphatic rings. The number of ether oxygens (including phenoxy) is 1. The van der Waals surface area contributed by atoms with E-state index in [0.29, 0.717) is 31.6 Å². The van der Waals surface area contributed by atoms with Gasteiger partial charge >= 0.3 is 0 Å². The second-order valence-corrected chi connectivity index (χ2v) is 11.6. The highest BCUT2D eigenvalue weighted by Gasteiger charge is 2.23. The number of carbonyl (C=O) groups is 1. The molecule has 0 aliphatic carbocycles. The molecule has 3 rings (SSSR count). The van der Waals surface area contributed by atoms with Crippen molar-refractivity contribution in [2.75, 3.05) is 7.05 Å². The standard InChI is InChI=1S/C25H25BrCl2N2O4S/c1-16-4-11-24(22(26)12-16)35(32,33)29-17(2)13-25(31)30(3)15-18-14-20(28)7-10-23(18)34-21-8-5-19(27)6-9-21/h4-12,14,17,29H,13,15H2,1-3H3. The molecule has 3 aromatic carbocycles. The smallest absolute Gasteiger partial charge is 0.241 e. The van der Waals surface area contributed by atoms with E-state index in [2.05, 4.69) is 20.7 Å². The molecule has 0 heterocycles. The summed E-state index contributed by atoms with van der Waals surface area (Å²) in [6, 6.07) is 16.5. The van der Waals surface area contributed by atoms with Gasteiger partial charge in [0.15, 0.2) is 0 Å². The van der Waals surface area contributed by atoms with E-state index >= 15 is 0 Å². The monoisotopic (exact) mass is 598 g/mol. The van der Waals surface area contributed by atoms with Crippen molar-refractivity contribution in [3.63, 3.8) is 0 Å². The van der Waals surface area contributed by atoms with Crippen LogP contribution in [0.5, 0.6) is 11.5 Å². The Morgan fingerprint density at radius 1 is 1.06 bits per heavy atom. The molecule has 0 saturated heterocycles. The molecule has 0 radical (unpaired) electrons. The Kier molecular flexibility index (Phi) is 9.23. The van der Waals surface area contributed by atoms with E-state index in [1.165, 1.54) is 11.0 Å². The normalized spacial score (nSPS) is 12.3. The molecule has 0 bridgehead atoms. The number of nitrogens with one attached hydrogen (secondary N) is 1. The van der Waals surface area contributed by atoms with Crippen molar-refractivity contribution in [1.29, 1.82) is 0 Å². The van der Waals surface area contributed by atoms with Crippen molar-refractivity contribution in [3.8, 4) is 11.5 Å². The zero-order valence-electron chi connectivity index (χ0n) is 19.4. The number of hydrogen-bond acceptors (Lipinski definition) is 4. The number of hydrogen-bond donors (Lipinski definition) is 1. The third kappa shape index (κ3) is 7.69. The van der Waals surface area contributed by atoms with Gasteiger partial charge < -0.3 is 9.64 Å². The van der Waals surface area contributed by atoms with Crippen molar-refractivity contribution in [1.82, 2.24) is 9.62 Å². The first kappa shape index (κ1) is 27.5. The number of halogens is 3. The molecule has 10 heteroatoms. The lowest BCUT2D eigenvalue weighted by molar-refractivity contribution is -0.130. The van der Waals surface area contributed by atoms with Gasteiger partial charge in [-0.25, -0.2) is 13.1 Å². The molecule has 0 spiro atoms. The highest BCUT2D eigenvalue weighted by Crippen LogP contribution is 2.30. The number of sulfonamides is 1. The van der Waals surface area contributed by atoms with Crippen LogP contribution in [0.3, 0.4) is 0 Å². The summed E-state index contributed by atoms with van der Waals surface area (Å²) < 4.78 is 34.6. The number of amides is 1. The van der Waals surface area contributed by atoms with Gasteiger partial charge in [0.25, 0.3) is 0 Å². The lowest BCUT2D eigenvalue weighted by Gasteiger charge is -2.22. The fourth-order valence-electron chi connectivity index (χ4n) is 3.36. The summed E-state index contributed by atoms with van der Waals surface area (Å²) in [6.45, 7) is 3.75. The van der Waals surface area contributed by atoms with Gasteiger partial charge in [-0.1, -0.05) is 29.3 Å². The Labute approximate surface area is 224 Å². The first-order valence-electron chi connectivity index (χ1n) is 10.7. The number of nitrogens with zero attached hydrogens (tertiary/aromatic N) is 1. The van der Waals surface area contributed by atoms with E-state index in [-0.39, 0.29) is 23.8 Å². The minimum atomic E-state index is -3.80. The van der Waals surface area contributed by atoms with Gasteiger partial charge in [-0.05, 0) is 89.9 Å². The lowest BCUT2D eigenvalue weighted by atomic mass is 10.1. The Bertz CT molecular complexity index is 1320. The molecule has 3 aromatic rings. The lowest BCUT2D eigenvalue weighted by Crippen LogP contribution is -2.38. The summed E-state index contributed by atoms with van der Waals surface area (Å²) in [6.07, 6.45) is -0.0207. The van der Waals surface area contributed by atoms with E-state index in [0.717, 1.165) is 5.56 Å². The summed E-state index contributed by atoms with van der Waals surface area (Å²) >= 11 is 15.4. The maximum absolute atomic E-state index is 12.9. The van der Waals surface area contributed by atoms with Crippen LogP contribution in [-0.4, -0.2) is 32.3 Å². The molecule has 0 aliphatic heterocycles. The average Bonchev–Trinajstić information content (AvgIpc) is 2.76. The van der Waals surface area contributed by atoms with Crippen LogP contribution in [0.15, 0.2) is 70.0 Å². The molecule has 35 heavy (non-hydrogen) atoms. The first-order valence-corrected chi connectivity index (χ1v) is 13.7. The van der Waals surface area contributed by atoms with Crippen molar-refractivity contribution in [3.05, 3.63) is 86.3 Å². The molecule has 0 aromatic heterocycles. The second-order valence-electron chi connectivity index (χ2n) is 8.22. The van der Waals surface area contributed by atoms with Gasteiger partial charge in [-0.2, -0.15) is 0 Å². The van der Waals surface area contributed by atoms with E-state index in [9.17, 15) is 13.2 Å². The van der Waals surface area contributed by atoms with Gasteiger partial charge in [-0.15, -0.1) is 0 Å². The predicted octanol–water partition coefficient (Wildman–Crippen LogP) is 6.57. The second kappa shape index (κ2) is 11.8. The Balaban J connectivity index is 1.67. The fraction of sp³-hybridized carbons (Fsp3) is 0.240. The third-order valence-corrected chi connectivity index (χ3v) is 8.16. The summed E-state index contributed by atoms with van der Waals surface area (Å²) in [4.78, 5) is 14.5. The van der Waals surface area contributed by atoms with Crippen LogP contribution in [-0.2, 0) is 21.4 Å². The SMILES string of the molecule is Cc1ccc(S(=O)(=O)NC(C)CC(=O)N(C)Cc2cc(Cl)ccc2Oc2ccc(Cl)cc2)c(Br)c1. The third-order valence-electron chi connectivity index (χ3n) is 5.11. The Hall–Kier alpha value is -2.10. The topological polar surface area (TPSA) is 75.7 Å². The van der Waals surface area contributed by atoms with Gasteiger partial charge in [0.05, 0.1) is 4.90 Å². The Morgan fingerprint density at radius 2 is 1.71 bits per heavy atom. The van der Waals surface area contributed by atoms with Crippen molar-refractivity contribution in [2.24, 2.45) is 0 Å². The molecule has 186 valence electrons. The van der Waals surface area contributed by atoms with Crippen LogP contribution in [0.4, 0.5) is 0 Å². The van der Waals surface area contributed by atoms with Gasteiger partial charge in [0.1, 0.15) is 11.5 Å². The summed E-state index contributed by atoms with van der Waals surface area (Å²) in [5.74, 6) is 0.909. The first-order chi connectivity index (χ1) is 16.4. The minimum Gasteiger partial charge on any atom is -0.457 e. The summed E-state index contributed by atoms with van der Waals surface area (Å²) in [5, 5.41) is 1.10. The maximum atomic E-state index is 12.9. The van der Waals surface area contributed by atoms with Gasteiger partial charge in [-0.3, -0.25) is 4.79 Å². The van der Waals surface area contributed by atoms with Crippen molar-refractivity contribution in [2.45, 2.75) is 37.8 Å². The quantitative estimate of drug-likeness (QED) is 0.302. The van der Waals surface area contributed by atoms with Crippen LogP contribution in [0, 0.1) is 6.92 Å². The highest BCUT2D eigenvalue weighted by atomic mass is 79.9. The number of carbonyl (C=O) groups excluding carboxylic acids is 1. The molecule has 6 nitrogen and oxygen atoms in total. The highest BCUT2D eigenvalue weighted by molar-refractivity contribution is 9.10. The largest absolute Gasteiger partial charge is 0.457 e. The number of rotatable bonds is 9. The van der Waals surface area contributed by atoms with E-state index in [1.54, 1.807) is 68.6 Å². The van der Waals surface area contributed by atoms with Crippen molar-refractivity contribution >= 4 is 55.1 Å². The van der Waals surface area contributed by atoms with E-state index in [4.69, 9.17) is 27.9 Å².